The molecule has 0 bridgehead atoms. The van der Waals surface area contributed by atoms with Gasteiger partial charge in [-0.1, -0.05) is 5.16 Å². The highest BCUT2D eigenvalue weighted by Crippen LogP contribution is 2.33. The quantitative estimate of drug-likeness (QED) is 0.631. The second-order valence-electron chi connectivity index (χ2n) is 4.40. The molecule has 8 nitrogen and oxygen atoms in total. The van der Waals surface area contributed by atoms with E-state index in [0.29, 0.717) is 11.1 Å². The zero-order chi connectivity index (χ0) is 15.8. The second-order valence-corrected chi connectivity index (χ2v) is 5.96. The van der Waals surface area contributed by atoms with Crippen molar-refractivity contribution in [3.63, 3.8) is 0 Å². The summed E-state index contributed by atoms with van der Waals surface area (Å²) in [6, 6.07) is 2.63. The number of hydrogen-bond acceptors (Lipinski definition) is 6. The van der Waals surface area contributed by atoms with Gasteiger partial charge in [-0.15, -0.1) is 0 Å². The van der Waals surface area contributed by atoms with Gasteiger partial charge in [0.25, 0.3) is 0 Å². The predicted molar refractivity (Wildman–Crippen MR) is 72.3 cm³/mol. The molecule has 1 heterocycles. The number of fused-ring (bicyclic) bond motifs is 1. The first-order valence-corrected chi connectivity index (χ1v) is 7.36. The lowest BCUT2D eigenvalue weighted by Crippen LogP contribution is -2.35. The lowest BCUT2D eigenvalue weighted by atomic mass is 9.95. The highest BCUT2D eigenvalue weighted by molar-refractivity contribution is 7.86. The van der Waals surface area contributed by atoms with E-state index < -0.39 is 21.5 Å². The van der Waals surface area contributed by atoms with E-state index in [0.717, 1.165) is 0 Å². The molecule has 1 atom stereocenters. The van der Waals surface area contributed by atoms with E-state index in [-0.39, 0.29) is 23.4 Å². The van der Waals surface area contributed by atoms with E-state index >= 15 is 0 Å². The molecule has 0 aromatic heterocycles. The molecular formula is C12H13NO7S. The Bertz CT molecular complexity index is 723. The maximum Gasteiger partial charge on any atom is 0.335 e. The van der Waals surface area contributed by atoms with Crippen molar-refractivity contribution >= 4 is 21.8 Å². The van der Waals surface area contributed by atoms with Gasteiger partial charge < -0.3 is 14.7 Å². The molecule has 1 aliphatic rings. The number of oxime groups is 1. The van der Waals surface area contributed by atoms with Crippen LogP contribution >= 0.6 is 0 Å². The van der Waals surface area contributed by atoms with Gasteiger partial charge in [-0.3, -0.25) is 4.55 Å². The average Bonchev–Trinajstić information content (AvgIpc) is 2.37. The van der Waals surface area contributed by atoms with E-state index in [9.17, 15) is 13.2 Å². The number of nitrogens with zero attached hydrogens (tertiary/aromatic N) is 1. The maximum atomic E-state index is 11.2. The third-order valence-corrected chi connectivity index (χ3v) is 4.03. The molecule has 0 saturated heterocycles. The van der Waals surface area contributed by atoms with E-state index in [1.54, 1.807) is 6.92 Å². The Kier molecular flexibility index (Phi) is 3.88. The number of carboxylic acid groups (broad SMARTS) is 1. The molecule has 1 aromatic rings. The fourth-order valence-electron chi connectivity index (χ4n) is 2.18. The first kappa shape index (κ1) is 15.3. The van der Waals surface area contributed by atoms with Gasteiger partial charge in [-0.2, -0.15) is 8.42 Å². The summed E-state index contributed by atoms with van der Waals surface area (Å²) in [7, 11) is -3.16. The lowest BCUT2D eigenvalue weighted by molar-refractivity contribution is 0.0696. The summed E-state index contributed by atoms with van der Waals surface area (Å²) in [4.78, 5) is 15.8. The number of carboxylic acids is 1. The standard InChI is InChI=1S/C12H13NO7S/c1-6-7(12(14)15)3-4-9-11(6)8(13-19-2)5-10(20-9)21(16,17)18/h3-4,10H,5H2,1-2H3,(H,14,15)(H,16,17,18). The van der Waals surface area contributed by atoms with Crippen LogP contribution < -0.4 is 4.74 Å². The van der Waals surface area contributed by atoms with Crippen molar-refractivity contribution in [2.75, 3.05) is 7.11 Å². The highest BCUT2D eigenvalue weighted by atomic mass is 32.2. The largest absolute Gasteiger partial charge is 0.478 e. The van der Waals surface area contributed by atoms with E-state index in [1.165, 1.54) is 19.2 Å². The number of aromatic carboxylic acids is 1. The van der Waals surface area contributed by atoms with E-state index in [2.05, 4.69) is 9.99 Å². The van der Waals surface area contributed by atoms with Crippen LogP contribution in [0.25, 0.3) is 0 Å². The third-order valence-electron chi connectivity index (χ3n) is 3.10. The van der Waals surface area contributed by atoms with Crippen LogP contribution in [0.3, 0.4) is 0 Å². The van der Waals surface area contributed by atoms with Gasteiger partial charge in [0.2, 0.25) is 5.44 Å². The van der Waals surface area contributed by atoms with Crippen molar-refractivity contribution in [2.45, 2.75) is 18.8 Å². The molecule has 0 aliphatic carbocycles. The van der Waals surface area contributed by atoms with Gasteiger partial charge in [0, 0.05) is 12.0 Å². The Morgan fingerprint density at radius 1 is 1.48 bits per heavy atom. The fraction of sp³-hybridized carbons (Fsp3) is 0.333. The molecule has 1 aliphatic heterocycles. The summed E-state index contributed by atoms with van der Waals surface area (Å²) in [6.45, 7) is 1.56. The average molecular weight is 315 g/mol. The molecule has 114 valence electrons. The minimum Gasteiger partial charge on any atom is -0.478 e. The molecule has 1 aromatic carbocycles. The fourth-order valence-corrected chi connectivity index (χ4v) is 2.77. The SMILES string of the molecule is CON=C1CC(S(=O)(=O)O)Oc2ccc(C(=O)O)c(C)c21. The van der Waals surface area contributed by atoms with Crippen molar-refractivity contribution in [2.24, 2.45) is 5.16 Å². The molecule has 1 unspecified atom stereocenters. The first-order valence-electron chi connectivity index (χ1n) is 5.86. The first-order chi connectivity index (χ1) is 9.75. The van der Waals surface area contributed by atoms with Gasteiger partial charge in [0.05, 0.1) is 11.3 Å². The van der Waals surface area contributed by atoms with Crippen LogP contribution in [-0.2, 0) is 15.0 Å². The molecule has 9 heteroatoms. The monoisotopic (exact) mass is 315 g/mol. The lowest BCUT2D eigenvalue weighted by Gasteiger charge is -2.26. The molecule has 0 fully saturated rings. The minimum atomic E-state index is -4.43. The zero-order valence-corrected chi connectivity index (χ0v) is 12.0. The van der Waals surface area contributed by atoms with Crippen LogP contribution in [0.1, 0.15) is 27.9 Å². The zero-order valence-electron chi connectivity index (χ0n) is 11.2. The van der Waals surface area contributed by atoms with Gasteiger partial charge in [-0.05, 0) is 24.6 Å². The van der Waals surface area contributed by atoms with Crippen LogP contribution in [0.2, 0.25) is 0 Å². The molecular weight excluding hydrogens is 302 g/mol. The Hall–Kier alpha value is -2.13. The molecule has 21 heavy (non-hydrogen) atoms. The number of benzene rings is 1. The maximum absolute atomic E-state index is 11.2. The molecule has 2 N–H and O–H groups in total. The van der Waals surface area contributed by atoms with Crippen LogP contribution in [-0.4, -0.2) is 42.3 Å². The molecule has 0 spiro atoms. The third kappa shape index (κ3) is 2.83. The highest BCUT2D eigenvalue weighted by Gasteiger charge is 2.35. The summed E-state index contributed by atoms with van der Waals surface area (Å²) in [6.07, 6.45) is -0.246. The summed E-state index contributed by atoms with van der Waals surface area (Å²) < 4.78 is 36.8. The second kappa shape index (κ2) is 5.34. The topological polar surface area (TPSA) is 122 Å². The summed E-state index contributed by atoms with van der Waals surface area (Å²) in [5.74, 6) is -0.994. The van der Waals surface area contributed by atoms with Crippen molar-refractivity contribution in [1.82, 2.24) is 0 Å². The number of carbonyl (C=O) groups is 1. The van der Waals surface area contributed by atoms with Gasteiger partial charge in [0.15, 0.2) is 0 Å². The van der Waals surface area contributed by atoms with Crippen molar-refractivity contribution in [3.05, 3.63) is 28.8 Å². The summed E-state index contributed by atoms with van der Waals surface area (Å²) in [5.41, 5.74) is -0.524. The Balaban J connectivity index is 2.64. The van der Waals surface area contributed by atoms with Crippen LogP contribution in [0.4, 0.5) is 0 Å². The smallest absolute Gasteiger partial charge is 0.335 e. The van der Waals surface area contributed by atoms with E-state index in [4.69, 9.17) is 14.4 Å². The number of ether oxygens (including phenoxy) is 1. The Morgan fingerprint density at radius 3 is 2.67 bits per heavy atom. The Morgan fingerprint density at radius 2 is 2.14 bits per heavy atom. The molecule has 0 amide bonds. The number of hydrogen-bond donors (Lipinski definition) is 2. The van der Waals surface area contributed by atoms with Crippen LogP contribution in [0, 0.1) is 6.92 Å². The van der Waals surface area contributed by atoms with Crippen molar-refractivity contribution < 1.29 is 32.4 Å². The minimum absolute atomic E-state index is 0.0476. The van der Waals surface area contributed by atoms with Crippen molar-refractivity contribution in [3.8, 4) is 5.75 Å². The summed E-state index contributed by atoms with van der Waals surface area (Å²) >= 11 is 0. The van der Waals surface area contributed by atoms with Crippen molar-refractivity contribution in [1.29, 1.82) is 0 Å². The molecule has 2 rings (SSSR count). The summed E-state index contributed by atoms with van der Waals surface area (Å²) in [5, 5.41) is 12.8. The normalized spacial score (nSPS) is 19.8. The van der Waals surface area contributed by atoms with Crippen LogP contribution in [0.5, 0.6) is 5.75 Å². The predicted octanol–water partition coefficient (Wildman–Crippen LogP) is 1.04. The van der Waals surface area contributed by atoms with Gasteiger partial charge in [0.1, 0.15) is 12.9 Å². The van der Waals surface area contributed by atoms with Gasteiger partial charge in [-0.25, -0.2) is 4.79 Å². The molecule has 0 radical (unpaired) electrons. The molecule has 0 saturated carbocycles. The van der Waals surface area contributed by atoms with E-state index in [1.807, 2.05) is 0 Å². The van der Waals surface area contributed by atoms with Gasteiger partial charge >= 0.3 is 16.1 Å². The van der Waals surface area contributed by atoms with Crippen LogP contribution in [0.15, 0.2) is 17.3 Å². The number of rotatable bonds is 3. The Labute approximate surface area is 120 Å².